The Bertz CT molecular complexity index is 568. The van der Waals surface area contributed by atoms with Gasteiger partial charge in [-0.15, -0.1) is 0 Å². The molecule has 22 heavy (non-hydrogen) atoms. The molecule has 0 radical (unpaired) electrons. The number of ether oxygens (including phenoxy) is 1. The molecule has 6 heteroatoms. The monoisotopic (exact) mass is 301 g/mol. The van der Waals surface area contributed by atoms with Crippen molar-refractivity contribution in [2.45, 2.75) is 39.3 Å². The first kappa shape index (κ1) is 16.5. The van der Waals surface area contributed by atoms with E-state index in [1.165, 1.54) is 0 Å². The third-order valence-electron chi connectivity index (χ3n) is 3.97. The lowest BCUT2D eigenvalue weighted by molar-refractivity contribution is -0.0403. The number of morpholine rings is 1. The minimum absolute atomic E-state index is 0.0768. The van der Waals surface area contributed by atoms with E-state index in [0.717, 1.165) is 37.6 Å². The van der Waals surface area contributed by atoms with Crippen LogP contribution >= 0.6 is 0 Å². The highest BCUT2D eigenvalue weighted by Gasteiger charge is 2.23. The van der Waals surface area contributed by atoms with Crippen molar-refractivity contribution in [3.8, 4) is 12.1 Å². The number of hydrogen-bond acceptors (Lipinski definition) is 5. The Hall–Kier alpha value is -1.89. The lowest BCUT2D eigenvalue weighted by atomic mass is 10.0. The van der Waals surface area contributed by atoms with Crippen LogP contribution in [0.4, 0.5) is 0 Å². The molecule has 1 aromatic heterocycles. The molecule has 1 saturated heterocycles. The van der Waals surface area contributed by atoms with Crippen LogP contribution in [-0.4, -0.2) is 47.0 Å². The quantitative estimate of drug-likeness (QED) is 0.798. The lowest BCUT2D eigenvalue weighted by Gasteiger charge is -2.34. The number of rotatable bonds is 6. The molecule has 0 bridgehead atoms. The van der Waals surface area contributed by atoms with Crippen molar-refractivity contribution in [3.05, 3.63) is 17.5 Å². The second-order valence-corrected chi connectivity index (χ2v) is 5.88. The summed E-state index contributed by atoms with van der Waals surface area (Å²) in [6.45, 7) is 7.83. The molecule has 1 fully saturated rings. The Morgan fingerprint density at radius 3 is 2.91 bits per heavy atom. The molecular weight excluding hydrogens is 278 g/mol. The van der Waals surface area contributed by atoms with E-state index >= 15 is 0 Å². The average molecular weight is 301 g/mol. The average Bonchev–Trinajstić information content (AvgIpc) is 2.81. The third kappa shape index (κ3) is 4.56. The molecule has 0 aromatic carbocycles. The van der Waals surface area contributed by atoms with Gasteiger partial charge in [0.15, 0.2) is 0 Å². The molecule has 6 nitrogen and oxygen atoms in total. The van der Waals surface area contributed by atoms with E-state index in [9.17, 15) is 5.26 Å². The standard InChI is InChI=1S/C16H23N5O/c1-13-8-14(2)21(19-13)12-16-11-20(6-7-22-16)10-15(9-18)4-3-5-17/h8,15-16H,3-4,6-7,10-12H2,1-2H3/t15-,16-/m1/s1. The van der Waals surface area contributed by atoms with Gasteiger partial charge in [-0.3, -0.25) is 9.58 Å². The van der Waals surface area contributed by atoms with Crippen molar-refractivity contribution >= 4 is 0 Å². The minimum atomic E-state index is -0.0768. The fourth-order valence-corrected chi connectivity index (χ4v) is 2.86. The summed E-state index contributed by atoms with van der Waals surface area (Å²) in [6, 6.07) is 6.49. The number of aryl methyl sites for hydroxylation is 2. The van der Waals surface area contributed by atoms with Gasteiger partial charge >= 0.3 is 0 Å². The molecule has 0 unspecified atom stereocenters. The summed E-state index contributed by atoms with van der Waals surface area (Å²) in [5.41, 5.74) is 2.16. The first-order chi connectivity index (χ1) is 10.6. The SMILES string of the molecule is Cc1cc(C)n(C[C@H]2CN(C[C@@H](C#N)CCC#N)CCO2)n1. The Balaban J connectivity index is 1.87. The zero-order valence-corrected chi connectivity index (χ0v) is 13.3. The normalized spacial score (nSPS) is 20.3. The summed E-state index contributed by atoms with van der Waals surface area (Å²) in [7, 11) is 0. The van der Waals surface area contributed by atoms with E-state index in [4.69, 9.17) is 10.00 Å². The second-order valence-electron chi connectivity index (χ2n) is 5.88. The molecule has 0 aliphatic carbocycles. The number of nitrogens with zero attached hydrogens (tertiary/aromatic N) is 5. The van der Waals surface area contributed by atoms with Gasteiger partial charge in [-0.1, -0.05) is 0 Å². The number of hydrogen-bond donors (Lipinski definition) is 0. The Kier molecular flexibility index (Phi) is 5.94. The molecule has 0 spiro atoms. The summed E-state index contributed by atoms with van der Waals surface area (Å²) < 4.78 is 7.82. The van der Waals surface area contributed by atoms with Gasteiger partial charge in [0.05, 0.1) is 43.0 Å². The van der Waals surface area contributed by atoms with E-state index in [0.29, 0.717) is 19.4 Å². The van der Waals surface area contributed by atoms with Crippen LogP contribution in [0.5, 0.6) is 0 Å². The first-order valence-electron chi connectivity index (χ1n) is 7.74. The predicted octanol–water partition coefficient (Wildman–Crippen LogP) is 1.64. The van der Waals surface area contributed by atoms with Crippen molar-refractivity contribution in [2.24, 2.45) is 5.92 Å². The molecule has 0 N–H and O–H groups in total. The van der Waals surface area contributed by atoms with Gasteiger partial charge in [-0.05, 0) is 26.3 Å². The molecule has 1 aliphatic rings. The van der Waals surface area contributed by atoms with Gasteiger partial charge in [0.2, 0.25) is 0 Å². The highest BCUT2D eigenvalue weighted by atomic mass is 16.5. The highest BCUT2D eigenvalue weighted by Crippen LogP contribution is 2.14. The van der Waals surface area contributed by atoms with E-state index in [-0.39, 0.29) is 12.0 Å². The van der Waals surface area contributed by atoms with Gasteiger partial charge in [-0.2, -0.15) is 15.6 Å². The summed E-state index contributed by atoms with van der Waals surface area (Å²) in [4.78, 5) is 2.27. The van der Waals surface area contributed by atoms with Gasteiger partial charge in [0.25, 0.3) is 0 Å². The molecular formula is C16H23N5O. The molecule has 118 valence electrons. The lowest BCUT2D eigenvalue weighted by Crippen LogP contribution is -2.46. The maximum atomic E-state index is 9.19. The van der Waals surface area contributed by atoms with E-state index < -0.39 is 0 Å². The van der Waals surface area contributed by atoms with Crippen molar-refractivity contribution in [3.63, 3.8) is 0 Å². The fourth-order valence-electron chi connectivity index (χ4n) is 2.86. The Morgan fingerprint density at radius 1 is 1.45 bits per heavy atom. The van der Waals surface area contributed by atoms with Gasteiger partial charge in [0.1, 0.15) is 0 Å². The van der Waals surface area contributed by atoms with Crippen LogP contribution in [-0.2, 0) is 11.3 Å². The number of aromatic nitrogens is 2. The van der Waals surface area contributed by atoms with E-state index in [2.05, 4.69) is 28.2 Å². The summed E-state index contributed by atoms with van der Waals surface area (Å²) in [6.07, 6.45) is 1.19. The van der Waals surface area contributed by atoms with Crippen LogP contribution in [0.1, 0.15) is 24.2 Å². The van der Waals surface area contributed by atoms with Crippen LogP contribution in [0.15, 0.2) is 6.07 Å². The van der Waals surface area contributed by atoms with Crippen LogP contribution in [0.3, 0.4) is 0 Å². The highest BCUT2D eigenvalue weighted by molar-refractivity contribution is 5.06. The minimum Gasteiger partial charge on any atom is -0.374 e. The van der Waals surface area contributed by atoms with Gasteiger partial charge in [-0.25, -0.2) is 0 Å². The Morgan fingerprint density at radius 2 is 2.27 bits per heavy atom. The molecule has 2 heterocycles. The molecule has 1 aliphatic heterocycles. The van der Waals surface area contributed by atoms with Crippen molar-refractivity contribution in [1.82, 2.24) is 14.7 Å². The molecule has 2 rings (SSSR count). The van der Waals surface area contributed by atoms with Crippen LogP contribution in [0.2, 0.25) is 0 Å². The van der Waals surface area contributed by atoms with Gasteiger partial charge in [0, 0.05) is 31.7 Å². The molecule has 1 aromatic rings. The largest absolute Gasteiger partial charge is 0.374 e. The fraction of sp³-hybridized carbons (Fsp3) is 0.688. The van der Waals surface area contributed by atoms with Crippen LogP contribution < -0.4 is 0 Å². The topological polar surface area (TPSA) is 77.9 Å². The zero-order valence-electron chi connectivity index (χ0n) is 13.3. The second kappa shape index (κ2) is 7.93. The van der Waals surface area contributed by atoms with Crippen LogP contribution in [0, 0.1) is 42.4 Å². The molecule has 0 amide bonds. The Labute approximate surface area is 131 Å². The van der Waals surface area contributed by atoms with E-state index in [1.54, 1.807) is 0 Å². The van der Waals surface area contributed by atoms with Crippen molar-refractivity contribution in [1.29, 1.82) is 10.5 Å². The molecule has 0 saturated carbocycles. The van der Waals surface area contributed by atoms with Crippen molar-refractivity contribution < 1.29 is 4.74 Å². The zero-order chi connectivity index (χ0) is 15.9. The smallest absolute Gasteiger partial charge is 0.0898 e. The summed E-state index contributed by atoms with van der Waals surface area (Å²) in [5, 5.41) is 22.3. The maximum absolute atomic E-state index is 9.19. The summed E-state index contributed by atoms with van der Waals surface area (Å²) >= 11 is 0. The maximum Gasteiger partial charge on any atom is 0.0898 e. The molecule has 2 atom stereocenters. The third-order valence-corrected chi connectivity index (χ3v) is 3.97. The number of nitriles is 2. The van der Waals surface area contributed by atoms with E-state index in [1.807, 2.05) is 18.5 Å². The summed E-state index contributed by atoms with van der Waals surface area (Å²) in [5.74, 6) is -0.0768. The van der Waals surface area contributed by atoms with Gasteiger partial charge < -0.3 is 4.74 Å². The van der Waals surface area contributed by atoms with Crippen LogP contribution in [0.25, 0.3) is 0 Å². The first-order valence-corrected chi connectivity index (χ1v) is 7.74. The predicted molar refractivity (Wildman–Crippen MR) is 81.8 cm³/mol. The van der Waals surface area contributed by atoms with Crippen molar-refractivity contribution in [2.75, 3.05) is 26.2 Å².